The Hall–Kier alpha value is -2.41. The fourth-order valence-corrected chi connectivity index (χ4v) is 2.59. The second kappa shape index (κ2) is 5.70. The summed E-state index contributed by atoms with van der Waals surface area (Å²) in [6, 6.07) is 6.68. The topological polar surface area (TPSA) is 104 Å². The Labute approximate surface area is 118 Å². The number of fused-ring (bicyclic) bond motifs is 1. The lowest BCUT2D eigenvalue weighted by atomic mass is 9.87. The molecule has 0 fully saturated rings. The summed E-state index contributed by atoms with van der Waals surface area (Å²) in [4.78, 5) is 34.7. The molecule has 0 aromatic heterocycles. The molecule has 0 spiro atoms. The molecule has 2 N–H and O–H groups in total. The molecule has 0 radical (unpaired) electrons. The van der Waals surface area contributed by atoms with Gasteiger partial charge in [-0.3, -0.25) is 4.79 Å². The summed E-state index contributed by atoms with van der Waals surface area (Å²) in [6.07, 6.45) is 1.57. The number of Topliss-reactive ketones (excluding diaryl/α,β-unsaturated/α-hetero) is 1. The molecule has 0 saturated heterocycles. The summed E-state index contributed by atoms with van der Waals surface area (Å²) in [7, 11) is 0. The largest absolute Gasteiger partial charge is 0.478 e. The molecule has 0 aliphatic carbocycles. The van der Waals surface area contributed by atoms with Crippen molar-refractivity contribution in [3.63, 3.8) is 0 Å². The molecule has 1 aromatic rings. The zero-order valence-corrected chi connectivity index (χ0v) is 10.8. The van der Waals surface area contributed by atoms with E-state index in [1.807, 2.05) is 0 Å². The van der Waals surface area contributed by atoms with Crippen LogP contribution < -0.4 is 0 Å². The third-order valence-corrected chi connectivity index (χ3v) is 3.46. The number of rotatable bonds is 3. The Morgan fingerprint density at radius 3 is 2.60 bits per heavy atom. The first-order valence-corrected chi connectivity index (χ1v) is 6.29. The molecule has 1 atom stereocenters. The van der Waals surface area contributed by atoms with E-state index >= 15 is 0 Å². The summed E-state index contributed by atoms with van der Waals surface area (Å²) < 4.78 is 3.84. The van der Waals surface area contributed by atoms with Crippen LogP contribution in [0.4, 0.5) is 0 Å². The minimum Gasteiger partial charge on any atom is -0.478 e. The molecule has 6 nitrogen and oxygen atoms in total. The van der Waals surface area contributed by atoms with E-state index in [1.54, 1.807) is 24.3 Å². The van der Waals surface area contributed by atoms with Crippen molar-refractivity contribution >= 4 is 35.9 Å². The lowest BCUT2D eigenvalue weighted by Crippen LogP contribution is -2.21. The molecular weight excluding hydrogens is 282 g/mol. The van der Waals surface area contributed by atoms with Crippen molar-refractivity contribution < 1.29 is 24.6 Å². The van der Waals surface area contributed by atoms with Crippen LogP contribution in [0.5, 0.6) is 0 Å². The van der Waals surface area contributed by atoms with Gasteiger partial charge >= 0.3 is 11.9 Å². The van der Waals surface area contributed by atoms with Gasteiger partial charge in [-0.15, -0.1) is 0 Å². The van der Waals surface area contributed by atoms with Crippen LogP contribution in [-0.2, 0) is 14.4 Å². The van der Waals surface area contributed by atoms with Crippen molar-refractivity contribution in [3.8, 4) is 0 Å². The SMILES string of the molecule is O=C(O)/C=C(/C(=O)O)C1C(=O)C=NSc2ccccc21. The third kappa shape index (κ3) is 2.77. The number of carboxylic acid groups (broad SMARTS) is 2. The number of benzene rings is 1. The highest BCUT2D eigenvalue weighted by Gasteiger charge is 2.32. The molecular formula is C13H9NO5S. The van der Waals surface area contributed by atoms with Crippen LogP contribution in [0, 0.1) is 0 Å². The molecule has 0 bridgehead atoms. The minimum atomic E-state index is -1.44. The number of nitrogens with zero attached hydrogens (tertiary/aromatic N) is 1. The third-order valence-electron chi connectivity index (χ3n) is 2.68. The Morgan fingerprint density at radius 1 is 1.25 bits per heavy atom. The van der Waals surface area contributed by atoms with Crippen LogP contribution in [0.3, 0.4) is 0 Å². The number of carbonyl (C=O) groups is 3. The first kappa shape index (κ1) is 14.0. The van der Waals surface area contributed by atoms with Crippen molar-refractivity contribution in [2.45, 2.75) is 10.8 Å². The predicted molar refractivity (Wildman–Crippen MR) is 71.9 cm³/mol. The second-order valence-corrected chi connectivity index (χ2v) is 4.78. The normalized spacial score (nSPS) is 18.3. The number of hydrogen-bond acceptors (Lipinski definition) is 5. The van der Waals surface area contributed by atoms with Crippen molar-refractivity contribution in [2.24, 2.45) is 4.40 Å². The molecule has 0 saturated carbocycles. The van der Waals surface area contributed by atoms with Crippen LogP contribution >= 0.6 is 11.9 Å². The molecule has 1 aliphatic rings. The fourth-order valence-electron chi connectivity index (χ4n) is 1.89. The molecule has 7 heteroatoms. The van der Waals surface area contributed by atoms with Crippen molar-refractivity contribution in [1.82, 2.24) is 0 Å². The summed E-state index contributed by atoms with van der Waals surface area (Å²) in [6.45, 7) is 0. The van der Waals surface area contributed by atoms with Crippen molar-refractivity contribution in [1.29, 1.82) is 0 Å². The van der Waals surface area contributed by atoms with Crippen molar-refractivity contribution in [2.75, 3.05) is 0 Å². The Balaban J connectivity index is 2.63. The zero-order valence-electron chi connectivity index (χ0n) is 10.0. The summed E-state index contributed by atoms with van der Waals surface area (Å²) in [5.74, 6) is -4.58. The number of carbonyl (C=O) groups excluding carboxylic acids is 1. The van der Waals surface area contributed by atoms with Gasteiger partial charge in [-0.25, -0.2) is 14.0 Å². The Kier molecular flexibility index (Phi) is 3.99. The predicted octanol–water partition coefficient (Wildman–Crippen LogP) is 1.53. The maximum atomic E-state index is 12.0. The van der Waals surface area contributed by atoms with Gasteiger partial charge in [0.05, 0.1) is 17.7 Å². The summed E-state index contributed by atoms with van der Waals surface area (Å²) in [5, 5.41) is 18.0. The molecule has 2 rings (SSSR count). The van der Waals surface area contributed by atoms with Crippen LogP contribution in [0.15, 0.2) is 45.2 Å². The van der Waals surface area contributed by atoms with E-state index in [0.29, 0.717) is 16.5 Å². The Morgan fingerprint density at radius 2 is 1.95 bits per heavy atom. The summed E-state index contributed by atoms with van der Waals surface area (Å²) in [5.41, 5.74) is -0.0428. The minimum absolute atomic E-state index is 0.440. The molecule has 20 heavy (non-hydrogen) atoms. The molecule has 0 amide bonds. The van der Waals surface area contributed by atoms with Crippen LogP contribution in [0.2, 0.25) is 0 Å². The first-order valence-electron chi connectivity index (χ1n) is 5.51. The van der Waals surface area contributed by atoms with Crippen LogP contribution in [0.1, 0.15) is 11.5 Å². The number of carboxylic acids is 2. The van der Waals surface area contributed by atoms with E-state index < -0.39 is 29.2 Å². The maximum Gasteiger partial charge on any atom is 0.332 e. The van der Waals surface area contributed by atoms with E-state index in [4.69, 9.17) is 5.11 Å². The zero-order chi connectivity index (χ0) is 14.7. The first-order chi connectivity index (χ1) is 9.50. The summed E-state index contributed by atoms with van der Waals surface area (Å²) >= 11 is 1.05. The number of hydrogen-bond donors (Lipinski definition) is 2. The molecule has 1 aromatic carbocycles. The molecule has 1 heterocycles. The van der Waals surface area contributed by atoms with Gasteiger partial charge in [0.1, 0.15) is 0 Å². The second-order valence-electron chi connectivity index (χ2n) is 3.94. The van der Waals surface area contributed by atoms with Gasteiger partial charge < -0.3 is 10.2 Å². The lowest BCUT2D eigenvalue weighted by molar-refractivity contribution is -0.135. The van der Waals surface area contributed by atoms with E-state index in [2.05, 4.69) is 4.40 Å². The number of aliphatic carboxylic acids is 2. The highest BCUT2D eigenvalue weighted by atomic mass is 32.2. The van der Waals surface area contributed by atoms with E-state index in [0.717, 1.165) is 18.2 Å². The molecule has 1 aliphatic heterocycles. The van der Waals surface area contributed by atoms with Gasteiger partial charge in [0.25, 0.3) is 0 Å². The van der Waals surface area contributed by atoms with Crippen LogP contribution in [0.25, 0.3) is 0 Å². The van der Waals surface area contributed by atoms with Gasteiger partial charge in [-0.2, -0.15) is 0 Å². The van der Waals surface area contributed by atoms with Gasteiger partial charge in [0.15, 0.2) is 5.78 Å². The average Bonchev–Trinajstić information content (AvgIpc) is 2.54. The van der Waals surface area contributed by atoms with E-state index in [1.165, 1.54) is 0 Å². The monoisotopic (exact) mass is 291 g/mol. The fraction of sp³-hybridized carbons (Fsp3) is 0.0769. The standard InChI is InChI=1S/C13H9NO5S/c15-9-6-14-20-10-4-2-1-3-7(10)12(9)8(13(18)19)5-11(16)17/h1-6,12H,(H,16,17)(H,18,19)/b8-5+. The van der Waals surface area contributed by atoms with E-state index in [-0.39, 0.29) is 0 Å². The maximum absolute atomic E-state index is 12.0. The lowest BCUT2D eigenvalue weighted by Gasteiger charge is -2.15. The average molecular weight is 291 g/mol. The quantitative estimate of drug-likeness (QED) is 0.646. The molecule has 102 valence electrons. The van der Waals surface area contributed by atoms with Crippen LogP contribution in [-0.4, -0.2) is 34.1 Å². The smallest absolute Gasteiger partial charge is 0.332 e. The molecule has 1 unspecified atom stereocenters. The van der Waals surface area contributed by atoms with Gasteiger partial charge in [-0.05, 0) is 11.6 Å². The highest BCUT2D eigenvalue weighted by Crippen LogP contribution is 2.36. The van der Waals surface area contributed by atoms with Crippen molar-refractivity contribution in [3.05, 3.63) is 41.5 Å². The van der Waals surface area contributed by atoms with Gasteiger partial charge in [-0.1, -0.05) is 18.2 Å². The van der Waals surface area contributed by atoms with E-state index in [9.17, 15) is 19.5 Å². The highest BCUT2D eigenvalue weighted by molar-refractivity contribution is 7.98. The Bertz CT molecular complexity index is 650. The van der Waals surface area contributed by atoms with Gasteiger partial charge in [0, 0.05) is 22.9 Å². The number of ketones is 1. The van der Waals surface area contributed by atoms with Gasteiger partial charge in [0.2, 0.25) is 0 Å².